The zero-order valence-electron chi connectivity index (χ0n) is 11.7. The molecule has 1 unspecified atom stereocenters. The maximum atomic E-state index is 5.76. The highest BCUT2D eigenvalue weighted by molar-refractivity contribution is 5.29. The number of pyridine rings is 1. The third kappa shape index (κ3) is 3.55. The van der Waals surface area contributed by atoms with E-state index in [1.165, 1.54) is 5.56 Å². The van der Waals surface area contributed by atoms with E-state index in [1.54, 1.807) is 6.20 Å². The number of rotatable bonds is 5. The predicted octanol–water partition coefficient (Wildman–Crippen LogP) is 3.25. The van der Waals surface area contributed by atoms with Gasteiger partial charge >= 0.3 is 0 Å². The van der Waals surface area contributed by atoms with Crippen LogP contribution in [0.5, 0.6) is 5.75 Å². The molecular weight excluding hydrogens is 236 g/mol. The maximum Gasteiger partial charge on any atom is 0.130 e. The Bertz CT molecular complexity index is 523. The van der Waals surface area contributed by atoms with Crippen molar-refractivity contribution in [2.75, 3.05) is 7.05 Å². The second-order valence-corrected chi connectivity index (χ2v) is 4.64. The van der Waals surface area contributed by atoms with Crippen LogP contribution in [0.3, 0.4) is 0 Å². The molecule has 3 nitrogen and oxygen atoms in total. The van der Waals surface area contributed by atoms with Gasteiger partial charge in [0.25, 0.3) is 0 Å². The molecule has 0 amide bonds. The van der Waals surface area contributed by atoms with Crippen LogP contribution in [-0.4, -0.2) is 12.0 Å². The van der Waals surface area contributed by atoms with Crippen LogP contribution in [0.25, 0.3) is 0 Å². The Morgan fingerprint density at radius 1 is 1.21 bits per heavy atom. The molecule has 0 saturated carbocycles. The van der Waals surface area contributed by atoms with Crippen LogP contribution < -0.4 is 10.1 Å². The number of aryl methyl sites for hydroxylation is 1. The van der Waals surface area contributed by atoms with Gasteiger partial charge in [-0.25, -0.2) is 0 Å². The molecule has 100 valence electrons. The molecule has 2 rings (SSSR count). The summed E-state index contributed by atoms with van der Waals surface area (Å²) in [6.45, 7) is 4.68. The fourth-order valence-electron chi connectivity index (χ4n) is 1.84. The van der Waals surface area contributed by atoms with Gasteiger partial charge in [0.05, 0.1) is 5.69 Å². The minimum Gasteiger partial charge on any atom is -0.487 e. The summed E-state index contributed by atoms with van der Waals surface area (Å²) in [7, 11) is 1.96. The minimum absolute atomic E-state index is 0.354. The molecule has 0 saturated heterocycles. The molecule has 0 spiro atoms. The van der Waals surface area contributed by atoms with Gasteiger partial charge in [-0.3, -0.25) is 4.98 Å². The first-order chi connectivity index (χ1) is 9.20. The summed E-state index contributed by atoms with van der Waals surface area (Å²) in [5, 5.41) is 3.22. The van der Waals surface area contributed by atoms with Crippen molar-refractivity contribution in [3.05, 3.63) is 59.4 Å². The molecule has 3 heteroatoms. The maximum absolute atomic E-state index is 5.76. The van der Waals surface area contributed by atoms with Crippen molar-refractivity contribution in [2.45, 2.75) is 26.5 Å². The Kier molecular flexibility index (Phi) is 4.53. The highest BCUT2D eigenvalue weighted by Gasteiger charge is 2.03. The van der Waals surface area contributed by atoms with Gasteiger partial charge in [0.1, 0.15) is 12.4 Å². The number of hydrogen-bond acceptors (Lipinski definition) is 3. The third-order valence-electron chi connectivity index (χ3n) is 3.31. The Morgan fingerprint density at radius 2 is 1.95 bits per heavy atom. The van der Waals surface area contributed by atoms with Crippen LogP contribution in [0.1, 0.15) is 29.8 Å². The van der Waals surface area contributed by atoms with Gasteiger partial charge in [-0.15, -0.1) is 0 Å². The average Bonchev–Trinajstić information content (AvgIpc) is 2.46. The molecule has 2 aromatic rings. The summed E-state index contributed by atoms with van der Waals surface area (Å²) >= 11 is 0. The lowest BCUT2D eigenvalue weighted by Crippen LogP contribution is -2.11. The number of benzene rings is 1. The van der Waals surface area contributed by atoms with Gasteiger partial charge < -0.3 is 10.1 Å². The standard InChI is InChI=1S/C16H20N2O/c1-12-5-4-10-18-16(12)11-19-15-8-6-14(7-9-15)13(2)17-3/h4-10,13,17H,11H2,1-3H3. The fraction of sp³-hybridized carbons (Fsp3) is 0.312. The normalized spacial score (nSPS) is 12.2. The first-order valence-electron chi connectivity index (χ1n) is 6.51. The summed E-state index contributed by atoms with van der Waals surface area (Å²) in [5.41, 5.74) is 3.39. The van der Waals surface area contributed by atoms with Crippen molar-refractivity contribution in [3.63, 3.8) is 0 Å². The molecule has 0 radical (unpaired) electrons. The molecule has 0 bridgehead atoms. The van der Waals surface area contributed by atoms with Crippen molar-refractivity contribution in [2.24, 2.45) is 0 Å². The van der Waals surface area contributed by atoms with E-state index in [0.29, 0.717) is 12.6 Å². The largest absolute Gasteiger partial charge is 0.487 e. The molecule has 0 aliphatic heterocycles. The summed E-state index contributed by atoms with van der Waals surface area (Å²) in [5.74, 6) is 0.872. The third-order valence-corrected chi connectivity index (χ3v) is 3.31. The van der Waals surface area contributed by atoms with Crippen molar-refractivity contribution in [3.8, 4) is 5.75 Å². The molecule has 1 aromatic heterocycles. The van der Waals surface area contributed by atoms with Crippen molar-refractivity contribution < 1.29 is 4.74 Å². The lowest BCUT2D eigenvalue weighted by atomic mass is 10.1. The van der Waals surface area contributed by atoms with Crippen LogP contribution in [0, 0.1) is 6.92 Å². The van der Waals surface area contributed by atoms with E-state index in [2.05, 4.69) is 29.4 Å². The average molecular weight is 256 g/mol. The number of ether oxygens (including phenoxy) is 1. The lowest BCUT2D eigenvalue weighted by molar-refractivity contribution is 0.300. The minimum atomic E-state index is 0.354. The second-order valence-electron chi connectivity index (χ2n) is 4.64. The summed E-state index contributed by atoms with van der Waals surface area (Å²) in [6, 6.07) is 12.5. The van der Waals surface area contributed by atoms with Gasteiger partial charge in [0, 0.05) is 12.2 Å². The van der Waals surface area contributed by atoms with E-state index in [-0.39, 0.29) is 0 Å². The molecule has 1 heterocycles. The highest BCUT2D eigenvalue weighted by Crippen LogP contribution is 2.18. The monoisotopic (exact) mass is 256 g/mol. The van der Waals surface area contributed by atoms with Gasteiger partial charge in [-0.1, -0.05) is 18.2 Å². The van der Waals surface area contributed by atoms with Gasteiger partial charge in [-0.2, -0.15) is 0 Å². The SMILES string of the molecule is CNC(C)c1ccc(OCc2ncccc2C)cc1. The van der Waals surface area contributed by atoms with Gasteiger partial charge in [0.15, 0.2) is 0 Å². The molecule has 0 fully saturated rings. The van der Waals surface area contributed by atoms with Crippen molar-refractivity contribution in [1.82, 2.24) is 10.3 Å². The molecule has 1 N–H and O–H groups in total. The summed E-state index contributed by atoms with van der Waals surface area (Å²) in [4.78, 5) is 4.32. The van der Waals surface area contributed by atoms with E-state index >= 15 is 0 Å². The zero-order valence-corrected chi connectivity index (χ0v) is 11.7. The molecule has 0 aliphatic carbocycles. The topological polar surface area (TPSA) is 34.1 Å². The number of hydrogen-bond donors (Lipinski definition) is 1. The Balaban J connectivity index is 1.99. The van der Waals surface area contributed by atoms with Crippen LogP contribution >= 0.6 is 0 Å². The second kappa shape index (κ2) is 6.34. The quantitative estimate of drug-likeness (QED) is 0.891. The highest BCUT2D eigenvalue weighted by atomic mass is 16.5. The van der Waals surface area contributed by atoms with Gasteiger partial charge in [0.2, 0.25) is 0 Å². The molecule has 19 heavy (non-hydrogen) atoms. The smallest absolute Gasteiger partial charge is 0.130 e. The summed E-state index contributed by atoms with van der Waals surface area (Å²) < 4.78 is 5.76. The molecule has 0 aliphatic rings. The summed E-state index contributed by atoms with van der Waals surface area (Å²) in [6.07, 6.45) is 1.80. The number of nitrogens with one attached hydrogen (secondary N) is 1. The van der Waals surface area contributed by atoms with E-state index in [1.807, 2.05) is 38.2 Å². The zero-order chi connectivity index (χ0) is 13.7. The van der Waals surface area contributed by atoms with Gasteiger partial charge in [-0.05, 0) is 50.2 Å². The van der Waals surface area contributed by atoms with E-state index < -0.39 is 0 Å². The molecule has 1 aromatic carbocycles. The fourth-order valence-corrected chi connectivity index (χ4v) is 1.84. The predicted molar refractivity (Wildman–Crippen MR) is 77.2 cm³/mol. The van der Waals surface area contributed by atoms with Crippen LogP contribution in [0.4, 0.5) is 0 Å². The van der Waals surface area contributed by atoms with E-state index in [0.717, 1.165) is 17.0 Å². The number of aromatic nitrogens is 1. The lowest BCUT2D eigenvalue weighted by Gasteiger charge is -2.12. The van der Waals surface area contributed by atoms with E-state index in [9.17, 15) is 0 Å². The van der Waals surface area contributed by atoms with E-state index in [4.69, 9.17) is 4.74 Å². The first kappa shape index (κ1) is 13.6. The van der Waals surface area contributed by atoms with Crippen molar-refractivity contribution in [1.29, 1.82) is 0 Å². The Morgan fingerprint density at radius 3 is 2.58 bits per heavy atom. The Labute approximate surface area is 114 Å². The van der Waals surface area contributed by atoms with Crippen LogP contribution in [0.15, 0.2) is 42.6 Å². The first-order valence-corrected chi connectivity index (χ1v) is 6.51. The Hall–Kier alpha value is -1.87. The van der Waals surface area contributed by atoms with Crippen LogP contribution in [0.2, 0.25) is 0 Å². The van der Waals surface area contributed by atoms with Crippen molar-refractivity contribution >= 4 is 0 Å². The molecule has 1 atom stereocenters. The molecular formula is C16H20N2O. The number of nitrogens with zero attached hydrogens (tertiary/aromatic N) is 1. The van der Waals surface area contributed by atoms with Crippen LogP contribution in [-0.2, 0) is 6.61 Å².